The number of carbonyl (C=O) groups excluding carboxylic acids is 2. The van der Waals surface area contributed by atoms with Crippen LogP contribution in [0.1, 0.15) is 46.0 Å². The van der Waals surface area contributed by atoms with Crippen LogP contribution in [0.2, 0.25) is 0 Å². The van der Waals surface area contributed by atoms with E-state index in [0.29, 0.717) is 6.54 Å². The molecule has 1 heterocycles. The van der Waals surface area contributed by atoms with Crippen LogP contribution in [-0.4, -0.2) is 42.5 Å². The van der Waals surface area contributed by atoms with E-state index in [1.54, 1.807) is 6.92 Å². The van der Waals surface area contributed by atoms with Crippen molar-refractivity contribution in [2.24, 2.45) is 0 Å². The number of nitrogens with zero attached hydrogens (tertiary/aromatic N) is 1. The van der Waals surface area contributed by atoms with E-state index < -0.39 is 6.04 Å². The average molecular weight is 255 g/mol. The Hall–Kier alpha value is -1.26. The number of rotatable bonds is 5. The first kappa shape index (κ1) is 14.8. The molecule has 0 saturated carbocycles. The summed E-state index contributed by atoms with van der Waals surface area (Å²) >= 11 is 0. The van der Waals surface area contributed by atoms with Gasteiger partial charge in [-0.05, 0) is 32.6 Å². The van der Waals surface area contributed by atoms with Gasteiger partial charge in [0.05, 0.1) is 0 Å². The van der Waals surface area contributed by atoms with E-state index in [-0.39, 0.29) is 11.9 Å². The Bertz CT molecular complexity index is 275. The minimum atomic E-state index is -0.440. The minimum absolute atomic E-state index is 0.0281. The van der Waals surface area contributed by atoms with Crippen LogP contribution in [0.4, 0.5) is 4.79 Å². The lowest BCUT2D eigenvalue weighted by atomic mass is 10.1. The van der Waals surface area contributed by atoms with Crippen LogP contribution >= 0.6 is 0 Å². The average Bonchev–Trinajstić information content (AvgIpc) is 2.39. The third-order valence-electron chi connectivity index (χ3n) is 3.20. The maximum absolute atomic E-state index is 12.0. The van der Waals surface area contributed by atoms with Gasteiger partial charge in [-0.1, -0.05) is 13.3 Å². The summed E-state index contributed by atoms with van der Waals surface area (Å²) in [7, 11) is 0. The number of unbranched alkanes of at least 4 members (excludes halogenated alkanes) is 1. The summed E-state index contributed by atoms with van der Waals surface area (Å²) in [6, 6.07) is -0.689. The number of nitrogens with one attached hydrogen (secondary N) is 2. The lowest BCUT2D eigenvalue weighted by molar-refractivity contribution is -0.133. The van der Waals surface area contributed by atoms with E-state index in [4.69, 9.17) is 0 Å². The first-order valence-electron chi connectivity index (χ1n) is 6.98. The molecule has 0 aromatic carbocycles. The van der Waals surface area contributed by atoms with Crippen LogP contribution in [0.3, 0.4) is 0 Å². The van der Waals surface area contributed by atoms with Crippen LogP contribution in [0.15, 0.2) is 0 Å². The van der Waals surface area contributed by atoms with Gasteiger partial charge in [-0.2, -0.15) is 0 Å². The van der Waals surface area contributed by atoms with Crippen LogP contribution in [0.5, 0.6) is 0 Å². The highest BCUT2D eigenvalue weighted by atomic mass is 16.2. The predicted octanol–water partition coefficient (Wildman–Crippen LogP) is 1.49. The minimum Gasteiger partial charge on any atom is -0.341 e. The van der Waals surface area contributed by atoms with Gasteiger partial charge in [0, 0.05) is 19.6 Å². The predicted molar refractivity (Wildman–Crippen MR) is 71.3 cm³/mol. The van der Waals surface area contributed by atoms with Gasteiger partial charge in [-0.3, -0.25) is 4.79 Å². The van der Waals surface area contributed by atoms with Crippen molar-refractivity contribution in [2.45, 2.75) is 52.0 Å². The summed E-state index contributed by atoms with van der Waals surface area (Å²) in [5.41, 5.74) is 0. The topological polar surface area (TPSA) is 61.4 Å². The maximum atomic E-state index is 12.0. The molecule has 0 radical (unpaired) electrons. The normalized spacial score (nSPS) is 17.1. The molecular weight excluding hydrogens is 230 g/mol. The SMILES string of the molecule is CCCCNC(=O)NC(C)C(=O)N1CCCCC1. The summed E-state index contributed by atoms with van der Waals surface area (Å²) < 4.78 is 0. The first-order valence-corrected chi connectivity index (χ1v) is 6.98. The molecule has 1 aliphatic rings. The molecule has 5 heteroatoms. The highest BCUT2D eigenvalue weighted by Crippen LogP contribution is 2.09. The molecule has 0 spiro atoms. The fourth-order valence-corrected chi connectivity index (χ4v) is 2.08. The molecule has 1 aliphatic heterocycles. The van der Waals surface area contributed by atoms with Crippen molar-refractivity contribution in [1.29, 1.82) is 0 Å². The van der Waals surface area contributed by atoms with Crippen molar-refractivity contribution in [3.05, 3.63) is 0 Å². The van der Waals surface area contributed by atoms with E-state index in [9.17, 15) is 9.59 Å². The van der Waals surface area contributed by atoms with Gasteiger partial charge in [0.1, 0.15) is 6.04 Å². The Labute approximate surface area is 109 Å². The van der Waals surface area contributed by atoms with E-state index >= 15 is 0 Å². The van der Waals surface area contributed by atoms with E-state index in [1.165, 1.54) is 6.42 Å². The zero-order chi connectivity index (χ0) is 13.4. The first-order chi connectivity index (χ1) is 8.65. The zero-order valence-corrected chi connectivity index (χ0v) is 11.5. The van der Waals surface area contributed by atoms with Gasteiger partial charge in [0.25, 0.3) is 0 Å². The third-order valence-corrected chi connectivity index (χ3v) is 3.20. The van der Waals surface area contributed by atoms with Crippen LogP contribution in [0.25, 0.3) is 0 Å². The summed E-state index contributed by atoms with van der Waals surface area (Å²) in [6.07, 6.45) is 5.34. The lowest BCUT2D eigenvalue weighted by Crippen LogP contribution is -2.51. The lowest BCUT2D eigenvalue weighted by Gasteiger charge is -2.29. The van der Waals surface area contributed by atoms with Gasteiger partial charge in [0.2, 0.25) is 5.91 Å². The number of hydrogen-bond acceptors (Lipinski definition) is 2. The highest BCUT2D eigenvalue weighted by Gasteiger charge is 2.22. The van der Waals surface area contributed by atoms with E-state index in [0.717, 1.165) is 38.8 Å². The molecule has 5 nitrogen and oxygen atoms in total. The zero-order valence-electron chi connectivity index (χ0n) is 11.5. The van der Waals surface area contributed by atoms with Crippen molar-refractivity contribution in [2.75, 3.05) is 19.6 Å². The number of carbonyl (C=O) groups is 2. The largest absolute Gasteiger partial charge is 0.341 e. The van der Waals surface area contributed by atoms with E-state index in [1.807, 2.05) is 4.90 Å². The smallest absolute Gasteiger partial charge is 0.315 e. The molecule has 0 aromatic rings. The molecule has 1 rings (SSSR count). The van der Waals surface area contributed by atoms with Crippen molar-refractivity contribution < 1.29 is 9.59 Å². The Morgan fingerprint density at radius 2 is 1.89 bits per heavy atom. The quantitative estimate of drug-likeness (QED) is 0.731. The molecule has 0 aromatic heterocycles. The molecule has 0 bridgehead atoms. The second-order valence-electron chi connectivity index (χ2n) is 4.86. The summed E-state index contributed by atoms with van der Waals surface area (Å²) in [5.74, 6) is 0.0281. The standard InChI is InChI=1S/C13H25N3O2/c1-3-4-8-14-13(18)15-11(2)12(17)16-9-6-5-7-10-16/h11H,3-10H2,1-2H3,(H2,14,15,18). The molecule has 104 valence electrons. The second-order valence-corrected chi connectivity index (χ2v) is 4.86. The summed E-state index contributed by atoms with van der Waals surface area (Å²) in [5, 5.41) is 5.45. The number of likely N-dealkylation sites (tertiary alicyclic amines) is 1. The fraction of sp³-hybridized carbons (Fsp3) is 0.846. The monoisotopic (exact) mass is 255 g/mol. The van der Waals surface area contributed by atoms with Gasteiger partial charge >= 0.3 is 6.03 Å². The Morgan fingerprint density at radius 3 is 2.50 bits per heavy atom. The molecule has 1 unspecified atom stereocenters. The van der Waals surface area contributed by atoms with Crippen LogP contribution in [0, 0.1) is 0 Å². The Morgan fingerprint density at radius 1 is 1.22 bits per heavy atom. The van der Waals surface area contributed by atoms with Gasteiger partial charge in [0.15, 0.2) is 0 Å². The number of urea groups is 1. The second kappa shape index (κ2) is 7.95. The summed E-state index contributed by atoms with van der Waals surface area (Å²) in [4.78, 5) is 25.4. The van der Waals surface area contributed by atoms with Crippen molar-refractivity contribution in [3.8, 4) is 0 Å². The van der Waals surface area contributed by atoms with E-state index in [2.05, 4.69) is 17.6 Å². The molecule has 2 N–H and O–H groups in total. The van der Waals surface area contributed by atoms with Crippen molar-refractivity contribution >= 4 is 11.9 Å². The Kier molecular flexibility index (Phi) is 6.54. The Balaban J connectivity index is 2.27. The number of piperidine rings is 1. The molecule has 1 fully saturated rings. The highest BCUT2D eigenvalue weighted by molar-refractivity contribution is 5.86. The summed E-state index contributed by atoms with van der Waals surface area (Å²) in [6.45, 7) is 6.12. The molecule has 18 heavy (non-hydrogen) atoms. The van der Waals surface area contributed by atoms with Gasteiger partial charge < -0.3 is 15.5 Å². The molecule has 1 atom stereocenters. The molecule has 1 saturated heterocycles. The fourth-order valence-electron chi connectivity index (χ4n) is 2.08. The number of hydrogen-bond donors (Lipinski definition) is 2. The van der Waals surface area contributed by atoms with Crippen LogP contribution < -0.4 is 10.6 Å². The van der Waals surface area contributed by atoms with Gasteiger partial charge in [-0.15, -0.1) is 0 Å². The van der Waals surface area contributed by atoms with Crippen molar-refractivity contribution in [3.63, 3.8) is 0 Å². The van der Waals surface area contributed by atoms with Crippen molar-refractivity contribution in [1.82, 2.24) is 15.5 Å². The van der Waals surface area contributed by atoms with Gasteiger partial charge in [-0.25, -0.2) is 4.79 Å². The molecular formula is C13H25N3O2. The molecule has 0 aliphatic carbocycles. The van der Waals surface area contributed by atoms with Crippen LogP contribution in [-0.2, 0) is 4.79 Å². The number of amides is 3. The molecule has 3 amide bonds. The third kappa shape index (κ3) is 4.94. The maximum Gasteiger partial charge on any atom is 0.315 e.